The summed E-state index contributed by atoms with van der Waals surface area (Å²) >= 11 is 0. The van der Waals surface area contributed by atoms with Crippen molar-refractivity contribution in [3.63, 3.8) is 0 Å². The van der Waals surface area contributed by atoms with Crippen molar-refractivity contribution in [1.82, 2.24) is 9.55 Å². The van der Waals surface area contributed by atoms with Crippen molar-refractivity contribution in [2.24, 2.45) is 5.92 Å². The van der Waals surface area contributed by atoms with Crippen LogP contribution in [0.3, 0.4) is 0 Å². The summed E-state index contributed by atoms with van der Waals surface area (Å²) in [6.07, 6.45) is 0.490. The number of rotatable bonds is 5. The van der Waals surface area contributed by atoms with Gasteiger partial charge in [0.2, 0.25) is 0 Å². The molecule has 1 aliphatic rings. The van der Waals surface area contributed by atoms with Crippen molar-refractivity contribution in [2.45, 2.75) is 32.4 Å². The molecule has 0 bridgehead atoms. The number of aromatic nitrogens is 2. The third-order valence-corrected chi connectivity index (χ3v) is 3.46. The van der Waals surface area contributed by atoms with Crippen LogP contribution in [-0.4, -0.2) is 40.0 Å². The lowest BCUT2D eigenvalue weighted by molar-refractivity contribution is 0.0382. The fraction of sp³-hybridized carbons (Fsp3) is 0.692. The van der Waals surface area contributed by atoms with Crippen LogP contribution in [0.4, 0.5) is 11.5 Å². The lowest BCUT2D eigenvalue weighted by Crippen LogP contribution is -2.40. The van der Waals surface area contributed by atoms with E-state index in [0.29, 0.717) is 19.6 Å². The maximum absolute atomic E-state index is 11.9. The van der Waals surface area contributed by atoms with Crippen LogP contribution in [0.2, 0.25) is 0 Å². The van der Waals surface area contributed by atoms with E-state index in [1.165, 1.54) is 4.57 Å². The Balaban J connectivity index is 2.26. The summed E-state index contributed by atoms with van der Waals surface area (Å²) in [4.78, 5) is 25.9. The van der Waals surface area contributed by atoms with Crippen molar-refractivity contribution in [3.05, 3.63) is 20.8 Å². The number of nitrogens with two attached hydrogens (primary N) is 1. The Kier molecular flexibility index (Phi) is 4.38. The minimum atomic E-state index is -1.02. The average molecular weight is 298 g/mol. The molecule has 1 atom stereocenters. The van der Waals surface area contributed by atoms with Crippen LogP contribution in [0, 0.1) is 5.92 Å². The Labute approximate surface area is 121 Å². The average Bonchev–Trinajstić information content (AvgIpc) is 2.81. The van der Waals surface area contributed by atoms with Gasteiger partial charge in [-0.15, -0.1) is 0 Å². The predicted molar refractivity (Wildman–Crippen MR) is 79.4 cm³/mol. The highest BCUT2D eigenvalue weighted by molar-refractivity contribution is 5.60. The fourth-order valence-electron chi connectivity index (χ4n) is 2.29. The molecular formula is C13H22N4O4. The molecule has 0 amide bonds. The number of nitrogen functional groups attached to an aromatic ring is 1. The van der Waals surface area contributed by atoms with Crippen LogP contribution in [0.5, 0.6) is 0 Å². The van der Waals surface area contributed by atoms with E-state index >= 15 is 0 Å². The van der Waals surface area contributed by atoms with E-state index in [1.54, 1.807) is 0 Å². The van der Waals surface area contributed by atoms with Gasteiger partial charge in [0, 0.05) is 26.1 Å². The van der Waals surface area contributed by atoms with Gasteiger partial charge in [0.1, 0.15) is 17.1 Å². The number of ether oxygens (including phenoxy) is 1. The van der Waals surface area contributed by atoms with E-state index in [-0.39, 0.29) is 30.6 Å². The molecule has 1 aromatic rings. The second-order valence-electron chi connectivity index (χ2n) is 5.90. The maximum atomic E-state index is 11.9. The number of aliphatic hydroxyl groups is 1. The van der Waals surface area contributed by atoms with E-state index in [0.717, 1.165) is 0 Å². The monoisotopic (exact) mass is 298 g/mol. The van der Waals surface area contributed by atoms with Gasteiger partial charge in [-0.3, -0.25) is 14.3 Å². The van der Waals surface area contributed by atoms with Gasteiger partial charge in [-0.05, 0) is 5.92 Å². The quantitative estimate of drug-likeness (QED) is 0.572. The predicted octanol–water partition coefficient (Wildman–Crippen LogP) is -0.662. The van der Waals surface area contributed by atoms with Crippen molar-refractivity contribution >= 4 is 11.5 Å². The van der Waals surface area contributed by atoms with Crippen LogP contribution in [0.1, 0.15) is 20.3 Å². The summed E-state index contributed by atoms with van der Waals surface area (Å²) in [6, 6.07) is 0. The summed E-state index contributed by atoms with van der Waals surface area (Å²) in [5, 5.41) is 13.0. The number of aromatic amines is 1. The Bertz CT molecular complexity index is 614. The minimum Gasteiger partial charge on any atom is -0.386 e. The third-order valence-electron chi connectivity index (χ3n) is 3.46. The molecule has 1 unspecified atom stereocenters. The van der Waals surface area contributed by atoms with Crippen molar-refractivity contribution in [3.8, 4) is 0 Å². The Morgan fingerprint density at radius 2 is 2.24 bits per heavy atom. The topological polar surface area (TPSA) is 122 Å². The van der Waals surface area contributed by atoms with E-state index in [9.17, 15) is 14.7 Å². The second kappa shape index (κ2) is 5.90. The molecule has 1 aliphatic heterocycles. The molecule has 0 spiro atoms. The minimum absolute atomic E-state index is 0.0833. The van der Waals surface area contributed by atoms with Gasteiger partial charge in [0.25, 0.3) is 5.56 Å². The van der Waals surface area contributed by atoms with E-state index in [4.69, 9.17) is 10.5 Å². The smallest absolute Gasteiger partial charge is 0.330 e. The lowest BCUT2D eigenvalue weighted by Gasteiger charge is -2.22. The van der Waals surface area contributed by atoms with E-state index in [2.05, 4.69) is 10.3 Å². The van der Waals surface area contributed by atoms with Gasteiger partial charge in [-0.2, -0.15) is 0 Å². The third kappa shape index (κ3) is 3.45. The summed E-state index contributed by atoms with van der Waals surface area (Å²) in [6.45, 7) is 5.13. The summed E-state index contributed by atoms with van der Waals surface area (Å²) in [5.74, 6) is 0.288. The molecule has 1 aromatic heterocycles. The standard InChI is InChI=1S/C13H22N4O4/c1-8(2)5-17-10(14)9(11(18)16-12(17)19)15-6-13(20)3-4-21-7-13/h8,15,20H,3-7,14H2,1-2H3,(H,16,18,19). The number of nitrogens with zero attached hydrogens (tertiary/aromatic N) is 1. The number of hydrogen-bond acceptors (Lipinski definition) is 6. The molecule has 2 rings (SSSR count). The highest BCUT2D eigenvalue weighted by Gasteiger charge is 2.32. The number of nitrogens with one attached hydrogen (secondary N) is 2. The van der Waals surface area contributed by atoms with E-state index < -0.39 is 16.9 Å². The zero-order valence-electron chi connectivity index (χ0n) is 12.3. The zero-order valence-corrected chi connectivity index (χ0v) is 12.3. The van der Waals surface area contributed by atoms with Crippen LogP contribution >= 0.6 is 0 Å². The van der Waals surface area contributed by atoms with Gasteiger partial charge < -0.3 is 20.9 Å². The molecule has 2 heterocycles. The summed E-state index contributed by atoms with van der Waals surface area (Å²) < 4.78 is 6.47. The lowest BCUT2D eigenvalue weighted by atomic mass is 10.0. The van der Waals surface area contributed by atoms with Crippen molar-refractivity contribution in [2.75, 3.05) is 30.8 Å². The van der Waals surface area contributed by atoms with Gasteiger partial charge in [-0.1, -0.05) is 13.8 Å². The summed E-state index contributed by atoms with van der Waals surface area (Å²) in [7, 11) is 0. The number of anilines is 2. The number of hydrogen-bond donors (Lipinski definition) is 4. The zero-order chi connectivity index (χ0) is 15.6. The molecule has 5 N–H and O–H groups in total. The van der Waals surface area contributed by atoms with Gasteiger partial charge in [0.15, 0.2) is 0 Å². The number of H-pyrrole nitrogens is 1. The van der Waals surface area contributed by atoms with Crippen LogP contribution in [0.15, 0.2) is 9.59 Å². The molecule has 0 aromatic carbocycles. The molecule has 1 fully saturated rings. The van der Waals surface area contributed by atoms with Gasteiger partial charge in [0.05, 0.1) is 6.61 Å². The van der Waals surface area contributed by atoms with Crippen molar-refractivity contribution in [1.29, 1.82) is 0 Å². The molecule has 118 valence electrons. The summed E-state index contributed by atoms with van der Waals surface area (Å²) in [5.41, 5.74) is 3.91. The van der Waals surface area contributed by atoms with Crippen LogP contribution in [0.25, 0.3) is 0 Å². The molecule has 1 saturated heterocycles. The first-order valence-electron chi connectivity index (χ1n) is 6.99. The van der Waals surface area contributed by atoms with E-state index in [1.807, 2.05) is 13.8 Å². The van der Waals surface area contributed by atoms with Crippen LogP contribution < -0.4 is 22.3 Å². The fourth-order valence-corrected chi connectivity index (χ4v) is 2.29. The Hall–Kier alpha value is -1.80. The van der Waals surface area contributed by atoms with Gasteiger partial charge >= 0.3 is 5.69 Å². The molecule has 0 saturated carbocycles. The van der Waals surface area contributed by atoms with Crippen LogP contribution in [-0.2, 0) is 11.3 Å². The largest absolute Gasteiger partial charge is 0.386 e. The molecule has 0 aliphatic carbocycles. The second-order valence-corrected chi connectivity index (χ2v) is 5.90. The molecule has 8 heteroatoms. The SMILES string of the molecule is CC(C)Cn1c(N)c(NCC2(O)CCOC2)c(=O)[nH]c1=O. The molecular weight excluding hydrogens is 276 g/mol. The van der Waals surface area contributed by atoms with Crippen molar-refractivity contribution < 1.29 is 9.84 Å². The first kappa shape index (κ1) is 15.6. The molecule has 0 radical (unpaired) electrons. The molecule has 8 nitrogen and oxygen atoms in total. The maximum Gasteiger partial charge on any atom is 0.330 e. The van der Waals surface area contributed by atoms with Gasteiger partial charge in [-0.25, -0.2) is 4.79 Å². The first-order valence-corrected chi connectivity index (χ1v) is 6.99. The highest BCUT2D eigenvalue weighted by atomic mass is 16.5. The molecule has 21 heavy (non-hydrogen) atoms. The first-order chi connectivity index (χ1) is 9.82. The normalized spacial score (nSPS) is 21.9. The Morgan fingerprint density at radius 3 is 2.81 bits per heavy atom. The Morgan fingerprint density at radius 1 is 1.52 bits per heavy atom. The highest BCUT2D eigenvalue weighted by Crippen LogP contribution is 2.20.